The van der Waals surface area contributed by atoms with Crippen molar-refractivity contribution in [3.63, 3.8) is 0 Å². The van der Waals surface area contributed by atoms with Gasteiger partial charge in [-0.05, 0) is 24.3 Å². The first-order valence-electron chi connectivity index (χ1n) is 11.4. The van der Waals surface area contributed by atoms with Gasteiger partial charge in [0, 0.05) is 5.56 Å². The summed E-state index contributed by atoms with van der Waals surface area (Å²) in [6.07, 6.45) is 1.21. The molecular weight excluding hydrogens is 520 g/mol. The van der Waals surface area contributed by atoms with Crippen molar-refractivity contribution in [1.29, 1.82) is 5.26 Å². The molecule has 0 amide bonds. The molecule has 6 aromatic rings. The van der Waals surface area contributed by atoms with Crippen LogP contribution in [-0.2, 0) is 10.1 Å². The molecular formula is C26H16N8O4S. The summed E-state index contributed by atoms with van der Waals surface area (Å²) in [6.45, 7) is 0. The Balaban J connectivity index is 1.61. The van der Waals surface area contributed by atoms with E-state index in [9.17, 15) is 23.0 Å². The minimum atomic E-state index is -4.62. The number of nitrogens with one attached hydrogen (secondary N) is 1. The summed E-state index contributed by atoms with van der Waals surface area (Å²) in [5.74, 6) is -0.0879. The number of H-pyrrole nitrogens is 1. The van der Waals surface area contributed by atoms with E-state index in [-0.39, 0.29) is 34.0 Å². The fraction of sp³-hybridized carbons (Fsp3) is 0. The van der Waals surface area contributed by atoms with Gasteiger partial charge < -0.3 is 4.98 Å². The molecule has 39 heavy (non-hydrogen) atoms. The zero-order chi connectivity index (χ0) is 27.1. The highest BCUT2D eigenvalue weighted by Gasteiger charge is 2.22. The summed E-state index contributed by atoms with van der Waals surface area (Å²) < 4.78 is 36.4. The Morgan fingerprint density at radius 3 is 2.44 bits per heavy atom. The molecule has 2 N–H and O–H groups in total. The lowest BCUT2D eigenvalue weighted by Crippen LogP contribution is -2.09. The standard InChI is InChI=1S/C26H16N8O4S/c27-14-17-15-28-33(20-12-6-7-13-21(20)39(36,37)38)24(17)31-30-23-22(16-8-2-1-3-9-16)32-34-19-11-5-4-10-18(19)26(35)29-25(23)34/h1-13,15H,(H,29,35)(H,36,37,38)/b31-30+. The van der Waals surface area contributed by atoms with Gasteiger partial charge in [0.05, 0.1) is 22.8 Å². The summed E-state index contributed by atoms with van der Waals surface area (Å²) in [4.78, 5) is 15.3. The Kier molecular flexibility index (Phi) is 5.60. The molecule has 0 radical (unpaired) electrons. The third-order valence-electron chi connectivity index (χ3n) is 6.00. The molecule has 190 valence electrons. The number of benzene rings is 3. The van der Waals surface area contributed by atoms with Crippen LogP contribution in [0.15, 0.2) is 105 Å². The quantitative estimate of drug-likeness (QED) is 0.240. The molecule has 3 aromatic heterocycles. The van der Waals surface area contributed by atoms with Gasteiger partial charge in [-0.2, -0.15) is 23.9 Å². The summed E-state index contributed by atoms with van der Waals surface area (Å²) in [7, 11) is -4.62. The summed E-state index contributed by atoms with van der Waals surface area (Å²) in [5.41, 5.74) is 1.77. The molecule has 0 fully saturated rings. The van der Waals surface area contributed by atoms with Gasteiger partial charge in [0.25, 0.3) is 15.7 Å². The maximum atomic E-state index is 12.9. The number of para-hydroxylation sites is 2. The van der Waals surface area contributed by atoms with E-state index in [4.69, 9.17) is 5.10 Å². The van der Waals surface area contributed by atoms with Crippen molar-refractivity contribution < 1.29 is 13.0 Å². The van der Waals surface area contributed by atoms with Crippen molar-refractivity contribution in [3.8, 4) is 23.0 Å². The van der Waals surface area contributed by atoms with E-state index in [0.29, 0.717) is 22.2 Å². The molecule has 0 aliphatic heterocycles. The first-order chi connectivity index (χ1) is 18.9. The number of hydrogen-bond donors (Lipinski definition) is 2. The van der Waals surface area contributed by atoms with E-state index in [1.54, 1.807) is 34.8 Å². The summed E-state index contributed by atoms with van der Waals surface area (Å²) >= 11 is 0. The second-order valence-electron chi connectivity index (χ2n) is 8.34. The van der Waals surface area contributed by atoms with Crippen molar-refractivity contribution in [2.24, 2.45) is 10.2 Å². The average Bonchev–Trinajstić information content (AvgIpc) is 3.53. The number of nitriles is 1. The summed E-state index contributed by atoms with van der Waals surface area (Å²) in [5, 5.41) is 27.6. The number of fused-ring (bicyclic) bond motifs is 3. The van der Waals surface area contributed by atoms with Crippen molar-refractivity contribution in [3.05, 3.63) is 101 Å². The predicted molar refractivity (Wildman–Crippen MR) is 141 cm³/mol. The number of aromatic amines is 1. The molecule has 13 heteroatoms. The Labute approximate surface area is 219 Å². The van der Waals surface area contributed by atoms with Gasteiger partial charge in [0.2, 0.25) is 0 Å². The van der Waals surface area contributed by atoms with Crippen molar-refractivity contribution in [1.82, 2.24) is 24.4 Å². The first-order valence-corrected chi connectivity index (χ1v) is 12.9. The minimum absolute atomic E-state index is 0.000527. The van der Waals surface area contributed by atoms with Crippen LogP contribution in [0.25, 0.3) is 33.5 Å². The lowest BCUT2D eigenvalue weighted by atomic mass is 10.1. The van der Waals surface area contributed by atoms with Crippen LogP contribution >= 0.6 is 0 Å². The lowest BCUT2D eigenvalue weighted by molar-refractivity contribution is 0.482. The molecule has 0 saturated carbocycles. The number of nitrogens with zero attached hydrogens (tertiary/aromatic N) is 7. The van der Waals surface area contributed by atoms with E-state index in [0.717, 1.165) is 4.68 Å². The molecule has 3 aromatic carbocycles. The third-order valence-corrected chi connectivity index (χ3v) is 6.90. The van der Waals surface area contributed by atoms with E-state index < -0.39 is 15.0 Å². The van der Waals surface area contributed by atoms with Gasteiger partial charge in [-0.15, -0.1) is 10.2 Å². The Hall–Kier alpha value is -5.45. The largest absolute Gasteiger partial charge is 0.304 e. The second-order valence-corrected chi connectivity index (χ2v) is 9.73. The lowest BCUT2D eigenvalue weighted by Gasteiger charge is -2.08. The average molecular weight is 537 g/mol. The number of rotatable bonds is 5. The fourth-order valence-corrected chi connectivity index (χ4v) is 4.92. The Morgan fingerprint density at radius 1 is 0.949 bits per heavy atom. The van der Waals surface area contributed by atoms with Crippen LogP contribution < -0.4 is 5.56 Å². The van der Waals surface area contributed by atoms with Crippen LogP contribution in [0.4, 0.5) is 11.5 Å². The Bertz CT molecular complexity index is 2140. The minimum Gasteiger partial charge on any atom is -0.304 e. The number of azo groups is 1. The maximum absolute atomic E-state index is 12.9. The van der Waals surface area contributed by atoms with Crippen molar-refractivity contribution >= 4 is 38.2 Å². The highest BCUT2D eigenvalue weighted by atomic mass is 32.2. The van der Waals surface area contributed by atoms with Gasteiger partial charge in [-0.1, -0.05) is 54.6 Å². The van der Waals surface area contributed by atoms with Gasteiger partial charge in [0.15, 0.2) is 17.2 Å². The highest BCUT2D eigenvalue weighted by molar-refractivity contribution is 7.86. The van der Waals surface area contributed by atoms with Gasteiger partial charge in [0.1, 0.15) is 22.2 Å². The SMILES string of the molecule is N#Cc1cnn(-c2ccccc2S(=O)(=O)O)c1/N=N/c1c(-c2ccccc2)nn2c1[nH]c(=O)c1ccccc12. The number of aromatic nitrogens is 5. The van der Waals surface area contributed by atoms with Crippen LogP contribution in [0.5, 0.6) is 0 Å². The molecule has 12 nitrogen and oxygen atoms in total. The second kappa shape index (κ2) is 9.14. The highest BCUT2D eigenvalue weighted by Crippen LogP contribution is 2.36. The van der Waals surface area contributed by atoms with Crippen LogP contribution in [0, 0.1) is 11.3 Å². The molecule has 0 unspecified atom stereocenters. The summed E-state index contributed by atoms with van der Waals surface area (Å²) in [6, 6.07) is 23.7. The maximum Gasteiger partial charge on any atom is 0.296 e. The first kappa shape index (κ1) is 23.9. The molecule has 0 aliphatic rings. The number of hydrogen-bond acceptors (Lipinski definition) is 8. The Morgan fingerprint density at radius 2 is 1.67 bits per heavy atom. The monoisotopic (exact) mass is 536 g/mol. The molecule has 0 spiro atoms. The van der Waals surface area contributed by atoms with Gasteiger partial charge in [-0.25, -0.2) is 9.20 Å². The van der Waals surface area contributed by atoms with Crippen LogP contribution in [0.1, 0.15) is 5.56 Å². The van der Waals surface area contributed by atoms with Crippen molar-refractivity contribution in [2.75, 3.05) is 0 Å². The van der Waals surface area contributed by atoms with Crippen LogP contribution in [0.2, 0.25) is 0 Å². The third kappa shape index (κ3) is 4.06. The van der Waals surface area contributed by atoms with E-state index in [2.05, 4.69) is 20.3 Å². The van der Waals surface area contributed by atoms with E-state index in [1.807, 2.05) is 36.4 Å². The van der Waals surface area contributed by atoms with Gasteiger partial charge >= 0.3 is 0 Å². The van der Waals surface area contributed by atoms with E-state index >= 15 is 0 Å². The fourth-order valence-electron chi connectivity index (χ4n) is 4.25. The topological polar surface area (TPSA) is 171 Å². The van der Waals surface area contributed by atoms with Crippen LogP contribution in [-0.4, -0.2) is 37.3 Å². The van der Waals surface area contributed by atoms with E-state index in [1.165, 1.54) is 24.4 Å². The van der Waals surface area contributed by atoms with Crippen molar-refractivity contribution in [2.45, 2.75) is 4.90 Å². The zero-order valence-electron chi connectivity index (χ0n) is 19.8. The van der Waals surface area contributed by atoms with Gasteiger partial charge in [-0.3, -0.25) is 9.35 Å². The normalized spacial score (nSPS) is 11.9. The molecule has 0 bridgehead atoms. The molecule has 0 atom stereocenters. The van der Waals surface area contributed by atoms with Crippen LogP contribution in [0.3, 0.4) is 0 Å². The zero-order valence-corrected chi connectivity index (χ0v) is 20.6. The predicted octanol–water partition coefficient (Wildman–Crippen LogP) is 4.56. The molecule has 0 aliphatic carbocycles. The molecule has 6 rings (SSSR count). The smallest absolute Gasteiger partial charge is 0.296 e. The molecule has 0 saturated heterocycles. The molecule has 3 heterocycles.